The molecule has 0 aliphatic rings. The average molecular weight is 220 g/mol. The maximum Gasteiger partial charge on any atom is 0.123 e. The van der Waals surface area contributed by atoms with Gasteiger partial charge in [-0.2, -0.15) is 5.26 Å². The van der Waals surface area contributed by atoms with Crippen LogP contribution in [-0.4, -0.2) is 18.5 Å². The highest BCUT2D eigenvalue weighted by atomic mass is 19.1. The Balaban J connectivity index is 2.72. The van der Waals surface area contributed by atoms with Crippen molar-refractivity contribution in [1.82, 2.24) is 4.90 Å². The Morgan fingerprint density at radius 3 is 2.81 bits per heavy atom. The van der Waals surface area contributed by atoms with E-state index in [0.717, 1.165) is 24.9 Å². The molecule has 1 aromatic rings. The molecule has 16 heavy (non-hydrogen) atoms. The van der Waals surface area contributed by atoms with Gasteiger partial charge in [-0.05, 0) is 43.8 Å². The second kappa shape index (κ2) is 6.24. The molecule has 86 valence electrons. The number of rotatable bonds is 5. The molecule has 2 nitrogen and oxygen atoms in total. The summed E-state index contributed by atoms with van der Waals surface area (Å²) < 4.78 is 13.1. The second-order valence-corrected chi connectivity index (χ2v) is 4.00. The van der Waals surface area contributed by atoms with Gasteiger partial charge in [0.15, 0.2) is 0 Å². The zero-order valence-electron chi connectivity index (χ0n) is 9.83. The number of hydrogen-bond donors (Lipinski definition) is 0. The molecule has 0 N–H and O–H groups in total. The lowest BCUT2D eigenvalue weighted by atomic mass is 10.1. The number of unbranched alkanes of at least 4 members (excludes halogenated alkanes) is 1. The van der Waals surface area contributed by atoms with Crippen molar-refractivity contribution in [2.45, 2.75) is 26.3 Å². The summed E-state index contributed by atoms with van der Waals surface area (Å²) in [4.78, 5) is 2.11. The quantitative estimate of drug-likeness (QED) is 0.762. The third-order valence-electron chi connectivity index (χ3n) is 2.52. The molecular formula is C13H17FN2. The van der Waals surface area contributed by atoms with E-state index in [1.54, 1.807) is 6.07 Å². The molecule has 0 amide bonds. The fourth-order valence-corrected chi connectivity index (χ4v) is 1.60. The first-order valence-electron chi connectivity index (χ1n) is 5.54. The number of nitrogens with zero attached hydrogens (tertiary/aromatic N) is 2. The van der Waals surface area contributed by atoms with Gasteiger partial charge in [0.25, 0.3) is 0 Å². The third kappa shape index (κ3) is 3.63. The molecule has 0 spiro atoms. The van der Waals surface area contributed by atoms with Crippen molar-refractivity contribution in [2.75, 3.05) is 13.6 Å². The molecular weight excluding hydrogens is 203 g/mol. The topological polar surface area (TPSA) is 27.0 Å². The Hall–Kier alpha value is -1.40. The fourth-order valence-electron chi connectivity index (χ4n) is 1.60. The van der Waals surface area contributed by atoms with Gasteiger partial charge in [-0.25, -0.2) is 4.39 Å². The molecule has 1 rings (SSSR count). The van der Waals surface area contributed by atoms with Crippen LogP contribution in [-0.2, 0) is 6.54 Å². The maximum atomic E-state index is 13.1. The van der Waals surface area contributed by atoms with E-state index in [-0.39, 0.29) is 5.82 Å². The van der Waals surface area contributed by atoms with Crippen LogP contribution in [0, 0.1) is 17.1 Å². The van der Waals surface area contributed by atoms with Crippen LogP contribution in [0.4, 0.5) is 4.39 Å². The van der Waals surface area contributed by atoms with Crippen molar-refractivity contribution < 1.29 is 4.39 Å². The molecule has 0 fully saturated rings. The van der Waals surface area contributed by atoms with E-state index >= 15 is 0 Å². The van der Waals surface area contributed by atoms with Gasteiger partial charge in [-0.15, -0.1) is 0 Å². The minimum Gasteiger partial charge on any atom is -0.302 e. The van der Waals surface area contributed by atoms with Crippen LogP contribution in [0.15, 0.2) is 18.2 Å². The van der Waals surface area contributed by atoms with Gasteiger partial charge in [-0.1, -0.05) is 13.3 Å². The van der Waals surface area contributed by atoms with E-state index in [1.165, 1.54) is 12.1 Å². The van der Waals surface area contributed by atoms with Gasteiger partial charge in [0.1, 0.15) is 5.82 Å². The van der Waals surface area contributed by atoms with Gasteiger partial charge in [0.2, 0.25) is 0 Å². The summed E-state index contributed by atoms with van der Waals surface area (Å²) in [6.45, 7) is 3.73. The van der Waals surface area contributed by atoms with Crippen molar-refractivity contribution in [3.05, 3.63) is 35.1 Å². The smallest absolute Gasteiger partial charge is 0.123 e. The predicted molar refractivity (Wildman–Crippen MR) is 62.4 cm³/mol. The number of nitriles is 1. The molecule has 0 aliphatic carbocycles. The summed E-state index contributed by atoms with van der Waals surface area (Å²) in [5, 5.41) is 8.91. The second-order valence-electron chi connectivity index (χ2n) is 4.00. The van der Waals surface area contributed by atoms with E-state index in [0.29, 0.717) is 12.1 Å². The van der Waals surface area contributed by atoms with E-state index < -0.39 is 0 Å². The highest BCUT2D eigenvalue weighted by Gasteiger charge is 2.06. The average Bonchev–Trinajstić information content (AvgIpc) is 2.27. The lowest BCUT2D eigenvalue weighted by Crippen LogP contribution is -2.19. The van der Waals surface area contributed by atoms with Crippen molar-refractivity contribution in [3.8, 4) is 6.07 Å². The molecule has 0 unspecified atom stereocenters. The van der Waals surface area contributed by atoms with Gasteiger partial charge in [0, 0.05) is 6.54 Å². The Morgan fingerprint density at radius 1 is 1.44 bits per heavy atom. The van der Waals surface area contributed by atoms with Crippen LogP contribution in [0.3, 0.4) is 0 Å². The fraction of sp³-hybridized carbons (Fsp3) is 0.462. The van der Waals surface area contributed by atoms with Crippen LogP contribution < -0.4 is 0 Å². The minimum atomic E-state index is -0.280. The molecule has 0 aromatic heterocycles. The van der Waals surface area contributed by atoms with E-state index in [1.807, 2.05) is 7.05 Å². The zero-order valence-corrected chi connectivity index (χ0v) is 9.83. The highest BCUT2D eigenvalue weighted by Crippen LogP contribution is 2.12. The predicted octanol–water partition coefficient (Wildman–Crippen LogP) is 2.93. The first-order valence-corrected chi connectivity index (χ1v) is 5.54. The SMILES string of the molecule is CCCCN(C)Cc1cc(F)ccc1C#N. The third-order valence-corrected chi connectivity index (χ3v) is 2.52. The molecule has 3 heteroatoms. The number of halogens is 1. The zero-order chi connectivity index (χ0) is 12.0. The Labute approximate surface area is 96.3 Å². The molecule has 0 aliphatic heterocycles. The van der Waals surface area contributed by atoms with Crippen LogP contribution in [0.5, 0.6) is 0 Å². The van der Waals surface area contributed by atoms with Crippen molar-refractivity contribution in [3.63, 3.8) is 0 Å². The van der Waals surface area contributed by atoms with E-state index in [9.17, 15) is 4.39 Å². The van der Waals surface area contributed by atoms with Gasteiger partial charge in [-0.3, -0.25) is 0 Å². The maximum absolute atomic E-state index is 13.1. The normalized spacial score (nSPS) is 10.4. The molecule has 1 aromatic carbocycles. The molecule has 0 saturated heterocycles. The van der Waals surface area contributed by atoms with Crippen LogP contribution in [0.2, 0.25) is 0 Å². The summed E-state index contributed by atoms with van der Waals surface area (Å²) in [5.41, 5.74) is 1.32. The highest BCUT2D eigenvalue weighted by molar-refractivity contribution is 5.37. The Kier molecular flexibility index (Phi) is 4.94. The lowest BCUT2D eigenvalue weighted by molar-refractivity contribution is 0.320. The van der Waals surface area contributed by atoms with Crippen LogP contribution in [0.25, 0.3) is 0 Å². The summed E-state index contributed by atoms with van der Waals surface area (Å²) in [6, 6.07) is 6.40. The van der Waals surface area contributed by atoms with E-state index in [4.69, 9.17) is 5.26 Å². The molecule has 0 heterocycles. The molecule has 0 saturated carbocycles. The number of hydrogen-bond acceptors (Lipinski definition) is 2. The summed E-state index contributed by atoms with van der Waals surface area (Å²) in [6.07, 6.45) is 2.26. The van der Waals surface area contributed by atoms with Crippen molar-refractivity contribution in [2.24, 2.45) is 0 Å². The standard InChI is InChI=1S/C13H17FN2/c1-3-4-7-16(2)10-12-8-13(14)6-5-11(12)9-15/h5-6,8H,3-4,7,10H2,1-2H3. The van der Waals surface area contributed by atoms with Gasteiger partial charge >= 0.3 is 0 Å². The largest absolute Gasteiger partial charge is 0.302 e. The van der Waals surface area contributed by atoms with Gasteiger partial charge < -0.3 is 4.90 Å². The first kappa shape index (κ1) is 12.7. The first-order chi connectivity index (χ1) is 7.67. The Morgan fingerprint density at radius 2 is 2.19 bits per heavy atom. The van der Waals surface area contributed by atoms with Crippen molar-refractivity contribution >= 4 is 0 Å². The molecule has 0 radical (unpaired) electrons. The van der Waals surface area contributed by atoms with E-state index in [2.05, 4.69) is 17.9 Å². The monoisotopic (exact) mass is 220 g/mol. The number of benzene rings is 1. The summed E-state index contributed by atoms with van der Waals surface area (Å²) >= 11 is 0. The Bertz CT molecular complexity index is 382. The van der Waals surface area contributed by atoms with Gasteiger partial charge in [0.05, 0.1) is 11.6 Å². The van der Waals surface area contributed by atoms with Crippen molar-refractivity contribution in [1.29, 1.82) is 5.26 Å². The summed E-state index contributed by atoms with van der Waals surface area (Å²) in [5.74, 6) is -0.280. The van der Waals surface area contributed by atoms with Crippen LogP contribution >= 0.6 is 0 Å². The minimum absolute atomic E-state index is 0.280. The lowest BCUT2D eigenvalue weighted by Gasteiger charge is -2.16. The summed E-state index contributed by atoms with van der Waals surface area (Å²) in [7, 11) is 1.99. The van der Waals surface area contributed by atoms with Crippen LogP contribution in [0.1, 0.15) is 30.9 Å². The molecule has 0 bridgehead atoms. The molecule has 0 atom stereocenters.